The molecule has 3 amide bonds. The Balaban J connectivity index is 1.88. The van der Waals surface area contributed by atoms with Gasteiger partial charge in [-0.05, 0) is 25.5 Å². The van der Waals surface area contributed by atoms with Crippen LogP contribution in [-0.2, 0) is 4.79 Å². The van der Waals surface area contributed by atoms with Gasteiger partial charge in [-0.25, -0.2) is 10.0 Å². The van der Waals surface area contributed by atoms with Crippen LogP contribution in [0.5, 0.6) is 0 Å². The zero-order valence-electron chi connectivity index (χ0n) is 15.2. The van der Waals surface area contributed by atoms with Crippen molar-refractivity contribution in [1.82, 2.24) is 15.2 Å². The van der Waals surface area contributed by atoms with Crippen LogP contribution in [0.15, 0.2) is 28.8 Å². The lowest BCUT2D eigenvalue weighted by atomic mass is 10.1. The van der Waals surface area contributed by atoms with Gasteiger partial charge >= 0.3 is 0 Å². The van der Waals surface area contributed by atoms with Crippen molar-refractivity contribution in [2.24, 2.45) is 0 Å². The number of carbonyl (C=O) groups excluding carboxylic acids is 3. The summed E-state index contributed by atoms with van der Waals surface area (Å²) in [6, 6.07) is 5.20. The van der Waals surface area contributed by atoms with E-state index in [0.717, 1.165) is 6.07 Å². The van der Waals surface area contributed by atoms with Crippen LogP contribution in [0.4, 0.5) is 11.4 Å². The Kier molecular flexibility index (Phi) is 5.07. The number of carbonyl (C=O) groups is 3. The Labute approximate surface area is 159 Å². The lowest BCUT2D eigenvalue weighted by Gasteiger charge is -2.27. The summed E-state index contributed by atoms with van der Waals surface area (Å²) in [5.74, 6) is -1.07. The number of anilines is 1. The molecule has 146 valence electrons. The minimum Gasteiger partial charge on any atom is -0.361 e. The number of nitro groups is 1. The van der Waals surface area contributed by atoms with E-state index < -0.39 is 28.3 Å². The second-order valence-corrected chi connectivity index (χ2v) is 6.20. The van der Waals surface area contributed by atoms with Crippen molar-refractivity contribution in [3.05, 3.63) is 51.4 Å². The van der Waals surface area contributed by atoms with Crippen molar-refractivity contribution in [2.45, 2.75) is 20.3 Å². The Bertz CT molecular complexity index is 969. The van der Waals surface area contributed by atoms with Gasteiger partial charge in [-0.1, -0.05) is 5.16 Å². The van der Waals surface area contributed by atoms with Crippen LogP contribution in [0.2, 0.25) is 0 Å². The number of hydrogen-bond donors (Lipinski definition) is 1. The second-order valence-electron chi connectivity index (χ2n) is 6.20. The lowest BCUT2D eigenvalue weighted by molar-refractivity contribution is -0.384. The first-order valence-electron chi connectivity index (χ1n) is 8.41. The third-order valence-electron chi connectivity index (χ3n) is 4.10. The number of nitro benzene ring substituents is 1. The number of nitrogens with one attached hydrogen (secondary N) is 1. The molecule has 1 saturated heterocycles. The van der Waals surface area contributed by atoms with Crippen molar-refractivity contribution in [2.75, 3.05) is 18.4 Å². The van der Waals surface area contributed by atoms with E-state index in [2.05, 4.69) is 10.5 Å². The van der Waals surface area contributed by atoms with Crippen molar-refractivity contribution in [3.63, 3.8) is 0 Å². The van der Waals surface area contributed by atoms with Gasteiger partial charge in [0.25, 0.3) is 17.5 Å². The molecule has 3 rings (SSSR count). The standard InChI is InChI=1S/C17H17N5O6/c1-10-8-14(19-28-10)17(25)21-7-3-6-20(21)16(24)12-4-5-13(18-11(2)23)15(9-12)22(26)27/h4-5,8-9H,3,6-7H2,1-2H3,(H,18,23). The first-order valence-corrected chi connectivity index (χ1v) is 8.41. The Hall–Kier alpha value is -3.76. The quantitative estimate of drug-likeness (QED) is 0.623. The Morgan fingerprint density at radius 2 is 1.86 bits per heavy atom. The summed E-state index contributed by atoms with van der Waals surface area (Å²) in [4.78, 5) is 47.3. The number of aromatic nitrogens is 1. The molecule has 28 heavy (non-hydrogen) atoms. The maximum atomic E-state index is 12.9. The van der Waals surface area contributed by atoms with Gasteiger partial charge in [-0.3, -0.25) is 24.5 Å². The van der Waals surface area contributed by atoms with E-state index in [1.807, 2.05) is 0 Å². The maximum absolute atomic E-state index is 12.9. The summed E-state index contributed by atoms with van der Waals surface area (Å²) in [7, 11) is 0. The molecule has 0 saturated carbocycles. The van der Waals surface area contributed by atoms with Gasteiger partial charge in [0.2, 0.25) is 5.91 Å². The van der Waals surface area contributed by atoms with Crippen molar-refractivity contribution in [3.8, 4) is 0 Å². The Morgan fingerprint density at radius 3 is 2.43 bits per heavy atom. The summed E-state index contributed by atoms with van der Waals surface area (Å²) in [6.45, 7) is 3.46. The molecule has 0 atom stereocenters. The molecule has 1 fully saturated rings. The van der Waals surface area contributed by atoms with Crippen LogP contribution in [0, 0.1) is 17.0 Å². The van der Waals surface area contributed by atoms with Crippen molar-refractivity contribution < 1.29 is 23.8 Å². The molecule has 1 aliphatic rings. The molecular formula is C17H17N5O6. The molecule has 0 unspecified atom stereocenters. The zero-order valence-corrected chi connectivity index (χ0v) is 15.2. The monoisotopic (exact) mass is 387 g/mol. The largest absolute Gasteiger partial charge is 0.361 e. The topological polar surface area (TPSA) is 139 Å². The number of rotatable bonds is 4. The van der Waals surface area contributed by atoms with Crippen LogP contribution in [-0.4, -0.2) is 50.9 Å². The normalized spacial score (nSPS) is 13.5. The van der Waals surface area contributed by atoms with Gasteiger partial charge in [-0.2, -0.15) is 0 Å². The molecule has 0 aliphatic carbocycles. The highest BCUT2D eigenvalue weighted by molar-refractivity contribution is 6.00. The van der Waals surface area contributed by atoms with Gasteiger partial charge in [0.1, 0.15) is 11.4 Å². The summed E-state index contributed by atoms with van der Waals surface area (Å²) in [6.07, 6.45) is 0.556. The summed E-state index contributed by atoms with van der Waals surface area (Å²) >= 11 is 0. The fraction of sp³-hybridized carbons (Fsp3) is 0.294. The first kappa shape index (κ1) is 19.0. The molecule has 1 aromatic heterocycles. The molecular weight excluding hydrogens is 370 g/mol. The molecule has 2 aromatic rings. The highest BCUT2D eigenvalue weighted by atomic mass is 16.6. The van der Waals surface area contributed by atoms with Gasteiger partial charge in [0.15, 0.2) is 5.69 Å². The molecule has 1 aliphatic heterocycles. The minimum atomic E-state index is -0.687. The van der Waals surface area contributed by atoms with E-state index in [1.54, 1.807) is 6.92 Å². The van der Waals surface area contributed by atoms with E-state index in [-0.39, 0.29) is 23.5 Å². The average Bonchev–Trinajstić information content (AvgIpc) is 3.29. The molecule has 0 radical (unpaired) electrons. The highest BCUT2D eigenvalue weighted by Crippen LogP contribution is 2.27. The second kappa shape index (κ2) is 7.47. The first-order chi connectivity index (χ1) is 13.3. The van der Waals surface area contributed by atoms with Gasteiger partial charge in [0.05, 0.1) is 4.92 Å². The predicted molar refractivity (Wildman–Crippen MR) is 95.3 cm³/mol. The number of hydrogen-bond acceptors (Lipinski definition) is 7. The molecule has 11 heteroatoms. The van der Waals surface area contributed by atoms with Crippen molar-refractivity contribution >= 4 is 29.1 Å². The molecule has 1 N–H and O–H groups in total. The van der Waals surface area contributed by atoms with Crippen LogP contribution in [0.1, 0.15) is 40.0 Å². The predicted octanol–water partition coefficient (Wildman–Crippen LogP) is 1.75. The fourth-order valence-electron chi connectivity index (χ4n) is 2.89. The summed E-state index contributed by atoms with van der Waals surface area (Å²) in [5, 5.41) is 19.8. The van der Waals surface area contributed by atoms with E-state index >= 15 is 0 Å². The van der Waals surface area contributed by atoms with Gasteiger partial charge in [-0.15, -0.1) is 0 Å². The summed E-state index contributed by atoms with van der Waals surface area (Å²) in [5.41, 5.74) is -0.326. The minimum absolute atomic E-state index is 0.0125. The number of benzene rings is 1. The fourth-order valence-corrected chi connectivity index (χ4v) is 2.89. The number of nitrogens with zero attached hydrogens (tertiary/aromatic N) is 4. The average molecular weight is 387 g/mol. The molecule has 0 bridgehead atoms. The Morgan fingerprint density at radius 1 is 1.18 bits per heavy atom. The van der Waals surface area contributed by atoms with Gasteiger partial charge in [0, 0.05) is 37.7 Å². The van der Waals surface area contributed by atoms with E-state index in [4.69, 9.17) is 4.52 Å². The van der Waals surface area contributed by atoms with Gasteiger partial charge < -0.3 is 9.84 Å². The third kappa shape index (κ3) is 3.68. The third-order valence-corrected chi connectivity index (χ3v) is 4.10. The van der Waals surface area contributed by atoms with E-state index in [0.29, 0.717) is 18.7 Å². The van der Waals surface area contributed by atoms with Crippen LogP contribution < -0.4 is 5.32 Å². The maximum Gasteiger partial charge on any atom is 0.294 e. The van der Waals surface area contributed by atoms with Crippen LogP contribution >= 0.6 is 0 Å². The van der Waals surface area contributed by atoms with E-state index in [1.165, 1.54) is 35.1 Å². The van der Waals surface area contributed by atoms with Crippen molar-refractivity contribution in [1.29, 1.82) is 0 Å². The molecule has 2 heterocycles. The summed E-state index contributed by atoms with van der Waals surface area (Å²) < 4.78 is 4.90. The van der Waals surface area contributed by atoms with Crippen LogP contribution in [0.25, 0.3) is 0 Å². The lowest BCUT2D eigenvalue weighted by Crippen LogP contribution is -2.45. The molecule has 1 aromatic carbocycles. The van der Waals surface area contributed by atoms with E-state index in [9.17, 15) is 24.5 Å². The zero-order chi connectivity index (χ0) is 20.4. The smallest absolute Gasteiger partial charge is 0.294 e. The number of aryl methyl sites for hydroxylation is 1. The highest BCUT2D eigenvalue weighted by Gasteiger charge is 2.34. The number of amides is 3. The number of hydrazine groups is 1. The molecule has 0 spiro atoms. The molecule has 11 nitrogen and oxygen atoms in total. The van der Waals surface area contributed by atoms with Crippen LogP contribution in [0.3, 0.4) is 0 Å². The SMILES string of the molecule is CC(=O)Nc1ccc(C(=O)N2CCCN2C(=O)c2cc(C)on2)cc1[N+](=O)[O-].